The van der Waals surface area contributed by atoms with Crippen LogP contribution in [0.5, 0.6) is 0 Å². The predicted octanol–water partition coefficient (Wildman–Crippen LogP) is 1.50. The van der Waals surface area contributed by atoms with Gasteiger partial charge in [-0.15, -0.1) is 0 Å². The van der Waals surface area contributed by atoms with Crippen molar-refractivity contribution in [2.24, 2.45) is 0 Å². The Hall–Kier alpha value is -0.480. The van der Waals surface area contributed by atoms with E-state index >= 15 is 0 Å². The second-order valence-corrected chi connectivity index (χ2v) is 4.80. The molecule has 0 aromatic heterocycles. The summed E-state index contributed by atoms with van der Waals surface area (Å²) in [4.78, 5) is 10.1. The molecule has 2 N–H and O–H groups in total. The van der Waals surface area contributed by atoms with Crippen LogP contribution in [-0.2, 0) is 4.79 Å². The number of thioether (sulfide) groups is 1. The number of aliphatic carboxylic acids is 1. The van der Waals surface area contributed by atoms with Crippen LogP contribution in [0, 0.1) is 0 Å². The molecule has 1 fully saturated rings. The van der Waals surface area contributed by atoms with E-state index in [-0.39, 0.29) is 0 Å². The SMILES string of the molecule is O=C(O)/C=C/CNCC1CCCCS1. The van der Waals surface area contributed by atoms with Gasteiger partial charge in [-0.2, -0.15) is 11.8 Å². The van der Waals surface area contributed by atoms with Gasteiger partial charge in [0.15, 0.2) is 0 Å². The molecule has 0 aromatic carbocycles. The van der Waals surface area contributed by atoms with Crippen LogP contribution in [0.4, 0.5) is 0 Å². The van der Waals surface area contributed by atoms with Crippen molar-refractivity contribution in [1.29, 1.82) is 0 Å². The molecule has 1 saturated heterocycles. The van der Waals surface area contributed by atoms with E-state index < -0.39 is 5.97 Å². The first-order valence-electron chi connectivity index (χ1n) is 5.01. The molecule has 0 radical (unpaired) electrons. The van der Waals surface area contributed by atoms with E-state index in [1.807, 2.05) is 11.8 Å². The first-order valence-corrected chi connectivity index (χ1v) is 6.05. The molecule has 0 aliphatic carbocycles. The van der Waals surface area contributed by atoms with E-state index in [0.717, 1.165) is 11.8 Å². The maximum Gasteiger partial charge on any atom is 0.328 e. The number of carboxylic acids is 1. The quantitative estimate of drug-likeness (QED) is 0.539. The fourth-order valence-electron chi connectivity index (χ4n) is 1.46. The summed E-state index contributed by atoms with van der Waals surface area (Å²) in [5, 5.41) is 12.3. The zero-order valence-electron chi connectivity index (χ0n) is 8.24. The molecule has 80 valence electrons. The summed E-state index contributed by atoms with van der Waals surface area (Å²) in [7, 11) is 0. The van der Waals surface area contributed by atoms with Crippen molar-refractivity contribution in [2.45, 2.75) is 24.5 Å². The second kappa shape index (κ2) is 6.90. The Kier molecular flexibility index (Phi) is 5.71. The molecule has 0 bridgehead atoms. The van der Waals surface area contributed by atoms with Gasteiger partial charge >= 0.3 is 5.97 Å². The highest BCUT2D eigenvalue weighted by Gasteiger charge is 2.12. The van der Waals surface area contributed by atoms with Gasteiger partial charge < -0.3 is 10.4 Å². The van der Waals surface area contributed by atoms with Crippen LogP contribution in [0.1, 0.15) is 19.3 Å². The van der Waals surface area contributed by atoms with Gasteiger partial charge in [0.1, 0.15) is 0 Å². The van der Waals surface area contributed by atoms with E-state index in [0.29, 0.717) is 6.54 Å². The largest absolute Gasteiger partial charge is 0.478 e. The van der Waals surface area contributed by atoms with Gasteiger partial charge in [0.25, 0.3) is 0 Å². The Balaban J connectivity index is 2.00. The van der Waals surface area contributed by atoms with Gasteiger partial charge in [-0.25, -0.2) is 4.79 Å². The molecule has 1 aliphatic rings. The van der Waals surface area contributed by atoms with E-state index in [2.05, 4.69) is 5.32 Å². The van der Waals surface area contributed by atoms with E-state index in [1.54, 1.807) is 6.08 Å². The molecule has 1 atom stereocenters. The monoisotopic (exact) mass is 215 g/mol. The number of rotatable bonds is 5. The number of carboxylic acid groups (broad SMARTS) is 1. The number of hydrogen-bond acceptors (Lipinski definition) is 3. The maximum atomic E-state index is 10.1. The Morgan fingerprint density at radius 2 is 2.43 bits per heavy atom. The van der Waals surface area contributed by atoms with Crippen molar-refractivity contribution in [1.82, 2.24) is 5.32 Å². The van der Waals surface area contributed by atoms with Gasteiger partial charge in [-0.05, 0) is 18.6 Å². The van der Waals surface area contributed by atoms with Gasteiger partial charge in [0, 0.05) is 24.4 Å². The number of hydrogen-bond donors (Lipinski definition) is 2. The summed E-state index contributed by atoms with van der Waals surface area (Å²) >= 11 is 2.02. The highest BCUT2D eigenvalue weighted by molar-refractivity contribution is 7.99. The Morgan fingerprint density at radius 1 is 1.57 bits per heavy atom. The van der Waals surface area contributed by atoms with Gasteiger partial charge in [-0.1, -0.05) is 12.5 Å². The lowest BCUT2D eigenvalue weighted by molar-refractivity contribution is -0.131. The molecular formula is C10H17NO2S. The zero-order valence-corrected chi connectivity index (χ0v) is 9.05. The van der Waals surface area contributed by atoms with Crippen LogP contribution >= 0.6 is 11.8 Å². The first kappa shape index (κ1) is 11.6. The smallest absolute Gasteiger partial charge is 0.328 e. The minimum atomic E-state index is -0.876. The number of carbonyl (C=O) groups is 1. The molecule has 1 aliphatic heterocycles. The Bertz CT molecular complexity index is 200. The van der Waals surface area contributed by atoms with Crippen LogP contribution < -0.4 is 5.32 Å². The molecular weight excluding hydrogens is 198 g/mol. The molecule has 0 amide bonds. The molecule has 1 rings (SSSR count). The summed E-state index contributed by atoms with van der Waals surface area (Å²) in [5.74, 6) is 0.399. The highest BCUT2D eigenvalue weighted by Crippen LogP contribution is 2.23. The van der Waals surface area contributed by atoms with Gasteiger partial charge in [-0.3, -0.25) is 0 Å². The van der Waals surface area contributed by atoms with Crippen LogP contribution in [0.15, 0.2) is 12.2 Å². The fraction of sp³-hybridized carbons (Fsp3) is 0.700. The summed E-state index contributed by atoms with van der Waals surface area (Å²) in [5.41, 5.74) is 0. The standard InChI is InChI=1S/C10H17NO2S/c12-10(13)5-3-6-11-8-9-4-1-2-7-14-9/h3,5,9,11H,1-2,4,6-8H2,(H,12,13)/b5-3+. The minimum Gasteiger partial charge on any atom is -0.478 e. The Morgan fingerprint density at radius 3 is 3.07 bits per heavy atom. The third-order valence-electron chi connectivity index (χ3n) is 2.17. The average molecular weight is 215 g/mol. The van der Waals surface area contributed by atoms with E-state index in [9.17, 15) is 4.79 Å². The van der Waals surface area contributed by atoms with Gasteiger partial charge in [0.2, 0.25) is 0 Å². The second-order valence-electron chi connectivity index (χ2n) is 3.39. The average Bonchev–Trinajstić information content (AvgIpc) is 2.18. The number of nitrogens with one attached hydrogen (secondary N) is 1. The van der Waals surface area contributed by atoms with Crippen molar-refractivity contribution in [3.05, 3.63) is 12.2 Å². The molecule has 0 spiro atoms. The van der Waals surface area contributed by atoms with Crippen LogP contribution in [-0.4, -0.2) is 35.2 Å². The van der Waals surface area contributed by atoms with Crippen molar-refractivity contribution < 1.29 is 9.90 Å². The third-order valence-corrected chi connectivity index (χ3v) is 3.57. The summed E-state index contributed by atoms with van der Waals surface area (Å²) in [6, 6.07) is 0. The zero-order chi connectivity index (χ0) is 10.2. The molecule has 14 heavy (non-hydrogen) atoms. The molecule has 0 aromatic rings. The molecule has 4 heteroatoms. The molecule has 0 saturated carbocycles. The Labute approximate surface area is 89.0 Å². The van der Waals surface area contributed by atoms with Gasteiger partial charge in [0.05, 0.1) is 0 Å². The maximum absolute atomic E-state index is 10.1. The lowest BCUT2D eigenvalue weighted by Crippen LogP contribution is -2.26. The van der Waals surface area contributed by atoms with Crippen molar-refractivity contribution in [3.8, 4) is 0 Å². The van der Waals surface area contributed by atoms with Crippen LogP contribution in [0.25, 0.3) is 0 Å². The van der Waals surface area contributed by atoms with E-state index in [4.69, 9.17) is 5.11 Å². The van der Waals surface area contributed by atoms with Crippen molar-refractivity contribution in [3.63, 3.8) is 0 Å². The van der Waals surface area contributed by atoms with Crippen molar-refractivity contribution >= 4 is 17.7 Å². The third kappa shape index (κ3) is 5.29. The highest BCUT2D eigenvalue weighted by atomic mass is 32.2. The summed E-state index contributed by atoms with van der Waals surface area (Å²) in [6.45, 7) is 1.65. The normalized spacial score (nSPS) is 22.7. The topological polar surface area (TPSA) is 49.3 Å². The fourth-order valence-corrected chi connectivity index (χ4v) is 2.73. The van der Waals surface area contributed by atoms with Crippen LogP contribution in [0.2, 0.25) is 0 Å². The molecule has 1 heterocycles. The molecule has 1 unspecified atom stereocenters. The first-order chi connectivity index (χ1) is 6.79. The predicted molar refractivity (Wildman–Crippen MR) is 59.7 cm³/mol. The van der Waals surface area contributed by atoms with Crippen molar-refractivity contribution in [2.75, 3.05) is 18.8 Å². The molecule has 3 nitrogen and oxygen atoms in total. The lowest BCUT2D eigenvalue weighted by Gasteiger charge is -2.20. The summed E-state index contributed by atoms with van der Waals surface area (Å²) in [6.07, 6.45) is 6.81. The van der Waals surface area contributed by atoms with Crippen LogP contribution in [0.3, 0.4) is 0 Å². The lowest BCUT2D eigenvalue weighted by atomic mass is 10.2. The summed E-state index contributed by atoms with van der Waals surface area (Å²) < 4.78 is 0. The minimum absolute atomic E-state index is 0.656. The van der Waals surface area contributed by atoms with E-state index in [1.165, 1.54) is 31.1 Å².